The lowest BCUT2D eigenvalue weighted by molar-refractivity contribution is -0.0955. The number of ether oxygens (including phenoxy) is 2. The van der Waals surface area contributed by atoms with Crippen LogP contribution in [0.2, 0.25) is 0 Å². The summed E-state index contributed by atoms with van der Waals surface area (Å²) < 4.78 is 12.7. The van der Waals surface area contributed by atoms with Crippen molar-refractivity contribution in [3.05, 3.63) is 35.4 Å². The Kier molecular flexibility index (Phi) is 3.96. The van der Waals surface area contributed by atoms with E-state index in [4.69, 9.17) is 9.47 Å². The van der Waals surface area contributed by atoms with Gasteiger partial charge in [-0.1, -0.05) is 59.6 Å². The van der Waals surface area contributed by atoms with E-state index in [0.717, 1.165) is 12.8 Å². The van der Waals surface area contributed by atoms with Gasteiger partial charge >= 0.3 is 0 Å². The summed E-state index contributed by atoms with van der Waals surface area (Å²) in [5.41, 5.74) is 2.31. The lowest BCUT2D eigenvalue weighted by atomic mass is 9.75. The van der Waals surface area contributed by atoms with Crippen LogP contribution in [0.3, 0.4) is 0 Å². The average molecular weight is 353 g/mol. The number of benzene rings is 1. The maximum Gasteiger partial charge on any atom is 0.0936 e. The monoisotopic (exact) mass is 352 g/mol. The molecular formula is C18H25BrO2. The molecule has 0 amide bonds. The van der Waals surface area contributed by atoms with Gasteiger partial charge < -0.3 is 9.47 Å². The first-order chi connectivity index (χ1) is 9.86. The van der Waals surface area contributed by atoms with Gasteiger partial charge in [-0.2, -0.15) is 0 Å². The molecule has 0 aliphatic carbocycles. The third-order valence-corrected chi connectivity index (χ3v) is 6.37. The Morgan fingerprint density at radius 3 is 2.52 bits per heavy atom. The Balaban J connectivity index is 1.69. The molecule has 1 aromatic rings. The molecule has 21 heavy (non-hydrogen) atoms. The third kappa shape index (κ3) is 2.58. The summed E-state index contributed by atoms with van der Waals surface area (Å²) >= 11 is 3.84. The van der Waals surface area contributed by atoms with Crippen molar-refractivity contribution in [3.8, 4) is 0 Å². The van der Waals surface area contributed by atoms with Gasteiger partial charge in [0, 0.05) is 11.2 Å². The van der Waals surface area contributed by atoms with Gasteiger partial charge in [-0.3, -0.25) is 0 Å². The second-order valence-electron chi connectivity index (χ2n) is 7.19. The highest BCUT2D eigenvalue weighted by Crippen LogP contribution is 2.57. The quantitative estimate of drug-likeness (QED) is 0.736. The summed E-state index contributed by atoms with van der Waals surface area (Å²) in [7, 11) is 0. The van der Waals surface area contributed by atoms with Crippen molar-refractivity contribution >= 4 is 15.9 Å². The van der Waals surface area contributed by atoms with Crippen LogP contribution in [-0.4, -0.2) is 22.1 Å². The molecule has 0 radical (unpaired) electrons. The maximum atomic E-state index is 6.47. The molecule has 0 saturated carbocycles. The lowest BCUT2D eigenvalue weighted by Gasteiger charge is -2.35. The van der Waals surface area contributed by atoms with Crippen LogP contribution in [0, 0.1) is 12.8 Å². The number of rotatable bonds is 4. The molecule has 0 spiro atoms. The highest BCUT2D eigenvalue weighted by Gasteiger charge is 2.65. The molecule has 4 atom stereocenters. The number of fused-ring (bicyclic) bond motifs is 2. The van der Waals surface area contributed by atoms with Gasteiger partial charge in [0.1, 0.15) is 0 Å². The normalized spacial score (nSPS) is 38.4. The van der Waals surface area contributed by atoms with Crippen LogP contribution >= 0.6 is 15.9 Å². The first kappa shape index (κ1) is 15.5. The van der Waals surface area contributed by atoms with Gasteiger partial charge in [0.05, 0.1) is 23.9 Å². The van der Waals surface area contributed by atoms with Crippen LogP contribution in [0.5, 0.6) is 0 Å². The topological polar surface area (TPSA) is 18.5 Å². The zero-order valence-corrected chi connectivity index (χ0v) is 14.9. The molecule has 3 rings (SSSR count). The SMILES string of the molecule is Cc1ccc(COC2CC3(C(C)C)OC2(C)CC3Br)cc1. The largest absolute Gasteiger partial charge is 0.370 e. The van der Waals surface area contributed by atoms with Crippen LogP contribution in [0.4, 0.5) is 0 Å². The van der Waals surface area contributed by atoms with Crippen molar-refractivity contribution in [1.82, 2.24) is 0 Å². The summed E-state index contributed by atoms with van der Waals surface area (Å²) in [5, 5.41) is 0. The second kappa shape index (κ2) is 5.36. The highest BCUT2D eigenvalue weighted by atomic mass is 79.9. The second-order valence-corrected chi connectivity index (χ2v) is 8.29. The standard InChI is InChI=1S/C18H25BrO2/c1-12(2)18-10-16(17(4,21-18)9-15(18)19)20-11-14-7-5-13(3)6-8-14/h5-8,12,15-16H,9-11H2,1-4H3. The molecule has 116 valence electrons. The minimum absolute atomic E-state index is 0.0628. The molecule has 3 heteroatoms. The van der Waals surface area contributed by atoms with Crippen LogP contribution in [0.15, 0.2) is 24.3 Å². The molecule has 2 saturated heterocycles. The van der Waals surface area contributed by atoms with Crippen LogP contribution in [0.1, 0.15) is 44.7 Å². The minimum atomic E-state index is -0.150. The molecule has 0 aromatic heterocycles. The number of hydrogen-bond acceptors (Lipinski definition) is 2. The van der Waals surface area contributed by atoms with Gasteiger partial charge in [-0.05, 0) is 31.7 Å². The van der Waals surface area contributed by atoms with Crippen molar-refractivity contribution in [3.63, 3.8) is 0 Å². The van der Waals surface area contributed by atoms with Gasteiger partial charge in [-0.25, -0.2) is 0 Å². The highest BCUT2D eigenvalue weighted by molar-refractivity contribution is 9.09. The van der Waals surface area contributed by atoms with E-state index in [2.05, 4.69) is 67.9 Å². The average Bonchev–Trinajstić information content (AvgIpc) is 2.86. The van der Waals surface area contributed by atoms with Crippen molar-refractivity contribution in [2.45, 2.75) is 69.3 Å². The number of hydrogen-bond donors (Lipinski definition) is 0. The molecule has 2 fully saturated rings. The minimum Gasteiger partial charge on any atom is -0.370 e. The fourth-order valence-electron chi connectivity index (χ4n) is 3.77. The Labute approximate surface area is 136 Å². The Morgan fingerprint density at radius 1 is 1.29 bits per heavy atom. The number of halogens is 1. The van der Waals surface area contributed by atoms with Crippen molar-refractivity contribution in [2.24, 2.45) is 5.92 Å². The Bertz CT molecular complexity index is 512. The van der Waals surface area contributed by atoms with E-state index in [1.165, 1.54) is 11.1 Å². The zero-order chi connectivity index (χ0) is 15.3. The maximum absolute atomic E-state index is 6.47. The fraction of sp³-hybridized carbons (Fsp3) is 0.667. The first-order valence-electron chi connectivity index (χ1n) is 7.87. The summed E-state index contributed by atoms with van der Waals surface area (Å²) in [6.07, 6.45) is 2.21. The Hall–Kier alpha value is -0.380. The van der Waals surface area contributed by atoms with Crippen LogP contribution < -0.4 is 0 Å². The van der Waals surface area contributed by atoms with Crippen molar-refractivity contribution in [1.29, 1.82) is 0 Å². The molecule has 2 aliphatic rings. The fourth-order valence-corrected chi connectivity index (χ4v) is 5.22. The van der Waals surface area contributed by atoms with E-state index >= 15 is 0 Å². The zero-order valence-electron chi connectivity index (χ0n) is 13.4. The first-order valence-corrected chi connectivity index (χ1v) is 8.79. The summed E-state index contributed by atoms with van der Waals surface area (Å²) in [4.78, 5) is 0.439. The third-order valence-electron chi connectivity index (χ3n) is 5.27. The molecule has 2 heterocycles. The van der Waals surface area contributed by atoms with Crippen LogP contribution in [0.25, 0.3) is 0 Å². The number of alkyl halides is 1. The van der Waals surface area contributed by atoms with Crippen molar-refractivity contribution < 1.29 is 9.47 Å². The lowest BCUT2D eigenvalue weighted by Crippen LogP contribution is -2.44. The van der Waals surface area contributed by atoms with Crippen molar-refractivity contribution in [2.75, 3.05) is 0 Å². The van der Waals surface area contributed by atoms with Gasteiger partial charge in [0.25, 0.3) is 0 Å². The molecule has 1 aromatic carbocycles. The van der Waals surface area contributed by atoms with E-state index in [1.54, 1.807) is 0 Å². The van der Waals surface area contributed by atoms with E-state index in [9.17, 15) is 0 Å². The molecule has 2 aliphatic heterocycles. The molecule has 0 N–H and O–H groups in total. The van der Waals surface area contributed by atoms with E-state index in [-0.39, 0.29) is 17.3 Å². The van der Waals surface area contributed by atoms with Gasteiger partial charge in [-0.15, -0.1) is 0 Å². The predicted octanol–water partition coefficient (Wildman–Crippen LogP) is 4.62. The van der Waals surface area contributed by atoms with E-state index < -0.39 is 0 Å². The molecule has 4 unspecified atom stereocenters. The summed E-state index contributed by atoms with van der Waals surface area (Å²) in [6.45, 7) is 9.49. The molecule has 2 nitrogen and oxygen atoms in total. The van der Waals surface area contributed by atoms with Gasteiger partial charge in [0.2, 0.25) is 0 Å². The van der Waals surface area contributed by atoms with Gasteiger partial charge in [0.15, 0.2) is 0 Å². The van der Waals surface area contributed by atoms with E-state index in [0.29, 0.717) is 17.4 Å². The summed E-state index contributed by atoms with van der Waals surface area (Å²) in [5.74, 6) is 0.497. The van der Waals surface area contributed by atoms with E-state index in [1.807, 2.05) is 0 Å². The smallest absolute Gasteiger partial charge is 0.0936 e. The Morgan fingerprint density at radius 2 is 1.95 bits per heavy atom. The summed E-state index contributed by atoms with van der Waals surface area (Å²) in [6, 6.07) is 8.58. The van der Waals surface area contributed by atoms with Crippen LogP contribution in [-0.2, 0) is 16.1 Å². The number of aryl methyl sites for hydroxylation is 1. The molecule has 2 bridgehead atoms. The predicted molar refractivity (Wildman–Crippen MR) is 88.8 cm³/mol. The molecular weight excluding hydrogens is 328 g/mol.